The quantitative estimate of drug-likeness (QED) is 0.115. The van der Waals surface area contributed by atoms with Crippen LogP contribution in [-0.4, -0.2) is 142 Å². The molecule has 2 amide bonds. The summed E-state index contributed by atoms with van der Waals surface area (Å²) >= 11 is 15.4. The van der Waals surface area contributed by atoms with E-state index in [9.17, 15) is 29.0 Å². The Morgan fingerprint density at radius 1 is 0.672 bits per heavy atom. The maximum absolute atomic E-state index is 13.5. The Hall–Kier alpha value is -5.34. The number of aromatic carboxylic acids is 1. The molecule has 3 aliphatic rings. The Kier molecular flexibility index (Phi) is 16.1. The Balaban J connectivity index is 0.000000147. The van der Waals surface area contributed by atoms with Gasteiger partial charge in [-0.15, -0.1) is 34.0 Å². The number of halogens is 3. The van der Waals surface area contributed by atoms with Crippen LogP contribution in [0.1, 0.15) is 104 Å². The number of rotatable bonds is 6. The number of pyridine rings is 1. The topological polar surface area (TPSA) is 280 Å². The van der Waals surface area contributed by atoms with Gasteiger partial charge in [-0.05, 0) is 88.2 Å². The van der Waals surface area contributed by atoms with Crippen LogP contribution in [0.15, 0.2) is 18.5 Å². The predicted molar refractivity (Wildman–Crippen MR) is 251 cm³/mol. The number of aromatic nitrogens is 10. The van der Waals surface area contributed by atoms with Crippen molar-refractivity contribution in [1.29, 1.82) is 0 Å². The van der Waals surface area contributed by atoms with Gasteiger partial charge in [-0.2, -0.15) is 15.0 Å². The molecule has 0 aromatic carbocycles. The number of β-amino-alcohol motifs (C(OH)–C–C–N with tert-alkyl or cyclic N) is 2. The summed E-state index contributed by atoms with van der Waals surface area (Å²) in [4.78, 5) is 80.2. The number of carbonyl (C=O) groups excluding carboxylic acids is 2. The van der Waals surface area contributed by atoms with E-state index in [-0.39, 0.29) is 64.1 Å². The van der Waals surface area contributed by atoms with E-state index in [2.05, 4.69) is 55.2 Å². The van der Waals surface area contributed by atoms with Gasteiger partial charge in [0.25, 0.3) is 11.8 Å². The van der Waals surface area contributed by atoms with Crippen LogP contribution in [0, 0.1) is 26.6 Å². The molecule has 7 aromatic rings. The van der Waals surface area contributed by atoms with Crippen molar-refractivity contribution in [2.75, 3.05) is 31.5 Å². The van der Waals surface area contributed by atoms with Crippen molar-refractivity contribution in [3.63, 3.8) is 0 Å². The molecule has 20 nitrogen and oxygen atoms in total. The summed E-state index contributed by atoms with van der Waals surface area (Å²) in [5, 5.41) is 42.2. The van der Waals surface area contributed by atoms with Crippen LogP contribution in [0.4, 0.5) is 10.3 Å². The van der Waals surface area contributed by atoms with Gasteiger partial charge in [0.15, 0.2) is 34.0 Å². The van der Waals surface area contributed by atoms with Crippen LogP contribution < -0.4 is 5.32 Å². The summed E-state index contributed by atoms with van der Waals surface area (Å²) in [5.74, 6) is -1.80. The van der Waals surface area contributed by atoms with Crippen molar-refractivity contribution in [3.8, 4) is 0 Å². The number of likely N-dealkylation sites (tertiary alicyclic amines) is 2. The molecule has 3 fully saturated rings. The first-order valence-corrected chi connectivity index (χ1v) is 24.1. The van der Waals surface area contributed by atoms with Gasteiger partial charge >= 0.3 is 5.97 Å². The zero-order valence-corrected chi connectivity index (χ0v) is 40.3. The number of carboxylic acid groups (broad SMARTS) is 1. The van der Waals surface area contributed by atoms with Crippen molar-refractivity contribution in [1.82, 2.24) is 59.6 Å². The molecule has 2 saturated heterocycles. The van der Waals surface area contributed by atoms with E-state index in [0.29, 0.717) is 69.1 Å². The average Bonchev–Trinajstić information content (AvgIpc) is 4.15. The number of aliphatic hydroxyl groups is 3. The maximum Gasteiger partial charge on any atom is 0.356 e. The molecule has 10 rings (SSSR count). The van der Waals surface area contributed by atoms with Gasteiger partial charge in [0.1, 0.15) is 19.9 Å². The van der Waals surface area contributed by atoms with Gasteiger partial charge in [-0.3, -0.25) is 14.6 Å². The average molecular weight is 1020 g/mol. The number of aryl methyl sites for hydroxylation is 3. The zero-order valence-electron chi connectivity index (χ0n) is 36.4. The van der Waals surface area contributed by atoms with Crippen LogP contribution in [0.3, 0.4) is 0 Å². The lowest BCUT2D eigenvalue weighted by atomic mass is 10.1. The highest BCUT2D eigenvalue weighted by molar-refractivity contribution is 7.19. The molecule has 9 heterocycles. The van der Waals surface area contributed by atoms with Crippen molar-refractivity contribution < 1.29 is 39.2 Å². The third-order valence-corrected chi connectivity index (χ3v) is 13.7. The van der Waals surface area contributed by atoms with E-state index >= 15 is 0 Å². The number of aliphatic hydroxyl groups excluding tert-OH is 3. The molecule has 3 atom stereocenters. The number of carboxylic acids is 1. The summed E-state index contributed by atoms with van der Waals surface area (Å²) in [6.45, 7) is 8.91. The van der Waals surface area contributed by atoms with Gasteiger partial charge in [-0.25, -0.2) is 39.1 Å². The number of fused-ring (bicyclic) bond motifs is 3. The number of carbonyl (C=O) groups is 3. The normalized spacial score (nSPS) is 17.5. The Morgan fingerprint density at radius 2 is 1.13 bits per heavy atom. The number of nitrogens with zero attached hydrogens (tertiary/aromatic N) is 12. The highest BCUT2D eigenvalue weighted by atomic mass is 35.5. The molecule has 67 heavy (non-hydrogen) atoms. The minimum Gasteiger partial charge on any atom is -0.476 e. The van der Waals surface area contributed by atoms with Crippen molar-refractivity contribution >= 4 is 112 Å². The molecule has 354 valence electrons. The van der Waals surface area contributed by atoms with Gasteiger partial charge < -0.3 is 35.5 Å². The molecule has 26 heteroatoms. The molecule has 5 N–H and O–H groups in total. The first-order valence-electron chi connectivity index (χ1n) is 20.9. The van der Waals surface area contributed by atoms with Crippen molar-refractivity contribution in [2.45, 2.75) is 90.6 Å². The van der Waals surface area contributed by atoms with Gasteiger partial charge in [0.2, 0.25) is 16.5 Å². The number of amides is 2. The Morgan fingerprint density at radius 3 is 1.57 bits per heavy atom. The van der Waals surface area contributed by atoms with E-state index in [0.717, 1.165) is 34.1 Å². The molecule has 0 radical (unpaired) electrons. The number of thiazole rings is 3. The number of anilines is 1. The first-order chi connectivity index (χ1) is 31.9. The lowest BCUT2D eigenvalue weighted by molar-refractivity contribution is 0.0691. The molecule has 1 aliphatic carbocycles. The summed E-state index contributed by atoms with van der Waals surface area (Å²) in [7, 11) is 0. The standard InChI is InChI=1S/C18H19FN6O2S.C11H11ClN4O2S.C7H4ClN3O2S.C5H10O/c1-9(11-5-12(19)7-20-6-11)21-18-23-14(15-16(24-18)22-10(2)28-15)17(27)25-4-3-13(26)8-25;1-5-13-9-8(19-5)7(14-11(12)15-9)10(18)16-3-2-6(17)4-16;1-2-9-5-4(14-2)3(6(12)13)10-7(8)11-5;6-5-3-1-2-4-5/h5-7,9,13,26H,3-4,8H2,1-2H3,(H,21,23,24);6,17H,2-4H2,1H3;1H3,(H,12,13);5-6H,1-4H2/t9-,13-;6-;;/m00../s1. The number of nitrogens with one attached hydrogen (secondary N) is 1. The van der Waals surface area contributed by atoms with E-state index < -0.39 is 24.0 Å². The summed E-state index contributed by atoms with van der Waals surface area (Å²) in [6, 6.07) is 1.06. The van der Waals surface area contributed by atoms with E-state index in [1.165, 1.54) is 52.9 Å². The van der Waals surface area contributed by atoms with Crippen LogP contribution in [0.2, 0.25) is 10.6 Å². The number of hydrogen-bond acceptors (Lipinski definition) is 20. The summed E-state index contributed by atoms with van der Waals surface area (Å²) in [5.41, 5.74) is 2.30. The van der Waals surface area contributed by atoms with Gasteiger partial charge in [0.05, 0.1) is 45.6 Å². The van der Waals surface area contributed by atoms with Crippen molar-refractivity contribution in [3.05, 3.63) is 72.5 Å². The lowest BCUT2D eigenvalue weighted by Gasteiger charge is -2.17. The van der Waals surface area contributed by atoms with Crippen LogP contribution in [0.5, 0.6) is 0 Å². The minimum absolute atomic E-state index is 0.0147. The maximum atomic E-state index is 13.5. The lowest BCUT2D eigenvalue weighted by Crippen LogP contribution is -2.30. The van der Waals surface area contributed by atoms with Crippen LogP contribution in [-0.2, 0) is 0 Å². The molecular formula is C41H44Cl2FN13O7S3. The van der Waals surface area contributed by atoms with Crippen LogP contribution in [0.25, 0.3) is 31.0 Å². The fourth-order valence-corrected chi connectivity index (χ4v) is 10.1. The SMILES string of the molecule is Cc1nc2nc(Cl)nc(C(=O)N3CC[C@H](O)C3)c2s1.Cc1nc2nc(Cl)nc(C(=O)O)c2s1.Cc1nc2nc(N[C@@H](C)c3cncc(F)c3)nc(C(=O)N3CC[C@H](O)C3)c2s1.OC1CCCC1. The van der Waals surface area contributed by atoms with E-state index in [1.807, 2.05) is 20.8 Å². The summed E-state index contributed by atoms with van der Waals surface area (Å²) in [6.07, 6.45) is 7.48. The van der Waals surface area contributed by atoms with E-state index in [4.69, 9.17) is 33.4 Å². The highest BCUT2D eigenvalue weighted by Crippen LogP contribution is 2.29. The molecule has 1 saturated carbocycles. The largest absolute Gasteiger partial charge is 0.476 e. The smallest absolute Gasteiger partial charge is 0.356 e. The van der Waals surface area contributed by atoms with Crippen LogP contribution >= 0.6 is 57.2 Å². The molecule has 0 bridgehead atoms. The summed E-state index contributed by atoms with van der Waals surface area (Å²) < 4.78 is 15.2. The fourth-order valence-electron chi connectivity index (χ4n) is 7.23. The first kappa shape index (κ1) is 49.6. The van der Waals surface area contributed by atoms with E-state index in [1.54, 1.807) is 22.9 Å². The predicted octanol–water partition coefficient (Wildman–Crippen LogP) is 6.23. The highest BCUT2D eigenvalue weighted by Gasteiger charge is 2.31. The molecule has 2 aliphatic heterocycles. The molecule has 7 aromatic heterocycles. The molecular weight excluding hydrogens is 973 g/mol. The van der Waals surface area contributed by atoms with Crippen molar-refractivity contribution in [2.24, 2.45) is 0 Å². The second-order valence-corrected chi connectivity index (χ2v) is 20.0. The third-order valence-electron chi connectivity index (χ3n) is 10.4. The Labute approximate surface area is 403 Å². The zero-order chi connectivity index (χ0) is 48.1. The molecule has 0 unspecified atom stereocenters. The second kappa shape index (κ2) is 21.7. The monoisotopic (exact) mass is 1020 g/mol. The fraction of sp³-hybridized carbons (Fsp3) is 0.439. The molecule has 0 spiro atoms. The van der Waals surface area contributed by atoms with Gasteiger partial charge in [-0.1, -0.05) is 12.8 Å². The minimum atomic E-state index is -1.12. The Bertz CT molecular complexity index is 2940. The van der Waals surface area contributed by atoms with Gasteiger partial charge in [0, 0.05) is 32.4 Å². The second-order valence-electron chi connectivity index (χ2n) is 15.7. The number of hydrogen-bond donors (Lipinski definition) is 5. The third kappa shape index (κ3) is 12.4.